The van der Waals surface area contributed by atoms with Crippen LogP contribution in [0.3, 0.4) is 0 Å². The fourth-order valence-corrected chi connectivity index (χ4v) is 3.60. The van der Waals surface area contributed by atoms with E-state index in [4.69, 9.17) is 11.6 Å². The molecule has 5 heteroatoms. The molecule has 26 heavy (non-hydrogen) atoms. The van der Waals surface area contributed by atoms with Crippen molar-refractivity contribution in [3.63, 3.8) is 0 Å². The van der Waals surface area contributed by atoms with Gasteiger partial charge in [-0.2, -0.15) is 0 Å². The van der Waals surface area contributed by atoms with Gasteiger partial charge >= 0.3 is 0 Å². The van der Waals surface area contributed by atoms with Crippen LogP contribution in [0.15, 0.2) is 36.4 Å². The average Bonchev–Trinajstić information content (AvgIpc) is 2.65. The maximum Gasteiger partial charge on any atom is 0.253 e. The Hall–Kier alpha value is -1.91. The maximum absolute atomic E-state index is 13.6. The predicted molar refractivity (Wildman–Crippen MR) is 104 cm³/mol. The average molecular weight is 375 g/mol. The summed E-state index contributed by atoms with van der Waals surface area (Å²) in [5, 5.41) is 0.374. The first-order valence-corrected chi connectivity index (χ1v) is 9.45. The van der Waals surface area contributed by atoms with Gasteiger partial charge in [0.1, 0.15) is 5.82 Å². The minimum Gasteiger partial charge on any atom is -0.336 e. The Morgan fingerprint density at radius 2 is 1.77 bits per heavy atom. The Morgan fingerprint density at radius 3 is 2.38 bits per heavy atom. The zero-order valence-corrected chi connectivity index (χ0v) is 16.0. The van der Waals surface area contributed by atoms with Gasteiger partial charge in [-0.05, 0) is 55.3 Å². The van der Waals surface area contributed by atoms with Gasteiger partial charge in [0.25, 0.3) is 5.91 Å². The van der Waals surface area contributed by atoms with Crippen molar-refractivity contribution in [1.29, 1.82) is 0 Å². The molecule has 0 N–H and O–H groups in total. The van der Waals surface area contributed by atoms with Gasteiger partial charge in [-0.1, -0.05) is 30.7 Å². The van der Waals surface area contributed by atoms with Crippen molar-refractivity contribution in [3.05, 3.63) is 58.4 Å². The van der Waals surface area contributed by atoms with Crippen molar-refractivity contribution in [1.82, 2.24) is 9.80 Å². The summed E-state index contributed by atoms with van der Waals surface area (Å²) in [7, 11) is 0. The molecule has 138 valence electrons. The molecule has 0 saturated carbocycles. The van der Waals surface area contributed by atoms with Gasteiger partial charge in [-0.25, -0.2) is 4.39 Å². The van der Waals surface area contributed by atoms with Gasteiger partial charge in [-0.15, -0.1) is 0 Å². The Morgan fingerprint density at radius 1 is 1.12 bits per heavy atom. The monoisotopic (exact) mass is 374 g/mol. The molecule has 2 aromatic rings. The number of halogens is 2. The third-order valence-electron chi connectivity index (χ3n) is 4.89. The first-order chi connectivity index (χ1) is 12.5. The lowest BCUT2D eigenvalue weighted by Gasteiger charge is -2.34. The van der Waals surface area contributed by atoms with Crippen LogP contribution in [0.1, 0.15) is 29.3 Å². The summed E-state index contributed by atoms with van der Waals surface area (Å²) in [6, 6.07) is 10.5. The van der Waals surface area contributed by atoms with Crippen molar-refractivity contribution in [2.75, 3.05) is 32.7 Å². The molecular formula is C21H24ClFN2O. The van der Waals surface area contributed by atoms with Gasteiger partial charge in [0.05, 0.1) is 5.02 Å². The van der Waals surface area contributed by atoms with E-state index in [1.807, 2.05) is 29.2 Å². The molecule has 2 aromatic carbocycles. The molecule has 0 unspecified atom stereocenters. The third-order valence-corrected chi connectivity index (χ3v) is 5.20. The van der Waals surface area contributed by atoms with Crippen LogP contribution in [0.25, 0.3) is 11.1 Å². The van der Waals surface area contributed by atoms with Crippen LogP contribution in [-0.2, 0) is 0 Å². The Bertz CT molecular complexity index is 783. The number of rotatable bonds is 4. The number of piperazine rings is 1. The molecule has 1 saturated heterocycles. The minimum absolute atomic E-state index is 0.0640. The molecule has 0 aromatic heterocycles. The molecule has 0 aliphatic carbocycles. The molecule has 1 aliphatic heterocycles. The summed E-state index contributed by atoms with van der Waals surface area (Å²) in [6.07, 6.45) is 1.14. The highest BCUT2D eigenvalue weighted by Gasteiger charge is 2.21. The topological polar surface area (TPSA) is 23.6 Å². The summed E-state index contributed by atoms with van der Waals surface area (Å²) >= 11 is 6.18. The van der Waals surface area contributed by atoms with Gasteiger partial charge in [0, 0.05) is 37.3 Å². The maximum atomic E-state index is 13.6. The van der Waals surface area contributed by atoms with Crippen LogP contribution in [-0.4, -0.2) is 48.4 Å². The van der Waals surface area contributed by atoms with Crippen LogP contribution >= 0.6 is 11.6 Å². The van der Waals surface area contributed by atoms with Crippen molar-refractivity contribution in [2.45, 2.75) is 20.3 Å². The van der Waals surface area contributed by atoms with Gasteiger partial charge in [0.2, 0.25) is 0 Å². The van der Waals surface area contributed by atoms with Crippen LogP contribution in [0.2, 0.25) is 5.02 Å². The summed E-state index contributed by atoms with van der Waals surface area (Å²) in [4.78, 5) is 17.0. The number of carbonyl (C=O) groups excluding carboxylic acids is 1. The number of hydrogen-bond acceptors (Lipinski definition) is 2. The SMILES string of the molecule is CCCN1CCN(C(=O)c2ccc(-c3cc(C)c(F)cc3Cl)cc2)CC1. The van der Waals surface area contributed by atoms with Gasteiger partial charge < -0.3 is 4.90 Å². The highest BCUT2D eigenvalue weighted by atomic mass is 35.5. The van der Waals surface area contributed by atoms with Crippen LogP contribution < -0.4 is 0 Å². The van der Waals surface area contributed by atoms with Crippen molar-refractivity contribution in [2.24, 2.45) is 0 Å². The molecule has 0 bridgehead atoms. The van der Waals surface area contributed by atoms with E-state index in [2.05, 4.69) is 11.8 Å². The van der Waals surface area contributed by atoms with E-state index >= 15 is 0 Å². The Kier molecular flexibility index (Phi) is 5.94. The van der Waals surface area contributed by atoms with Crippen LogP contribution in [0.5, 0.6) is 0 Å². The van der Waals surface area contributed by atoms with Gasteiger partial charge in [-0.3, -0.25) is 9.69 Å². The lowest BCUT2D eigenvalue weighted by Crippen LogP contribution is -2.48. The lowest BCUT2D eigenvalue weighted by atomic mass is 10.0. The number of nitrogens with zero attached hydrogens (tertiary/aromatic N) is 2. The second-order valence-corrected chi connectivity index (χ2v) is 7.20. The molecule has 3 rings (SSSR count). The molecule has 0 spiro atoms. The van der Waals surface area contributed by atoms with Crippen molar-refractivity contribution >= 4 is 17.5 Å². The quantitative estimate of drug-likeness (QED) is 0.779. The zero-order chi connectivity index (χ0) is 18.7. The third kappa shape index (κ3) is 4.08. The molecule has 0 atom stereocenters. The van der Waals surface area contributed by atoms with Crippen LogP contribution in [0, 0.1) is 12.7 Å². The zero-order valence-electron chi connectivity index (χ0n) is 15.3. The second kappa shape index (κ2) is 8.19. The molecule has 1 fully saturated rings. The number of benzene rings is 2. The summed E-state index contributed by atoms with van der Waals surface area (Å²) < 4.78 is 13.6. The normalized spacial score (nSPS) is 15.3. The smallest absolute Gasteiger partial charge is 0.253 e. The van der Waals surface area contributed by atoms with E-state index in [-0.39, 0.29) is 11.7 Å². The Balaban J connectivity index is 1.72. The second-order valence-electron chi connectivity index (χ2n) is 6.79. The van der Waals surface area contributed by atoms with Crippen LogP contribution in [0.4, 0.5) is 4.39 Å². The molecule has 0 radical (unpaired) electrons. The first-order valence-electron chi connectivity index (χ1n) is 9.07. The molecule has 1 amide bonds. The van der Waals surface area contributed by atoms with Crippen molar-refractivity contribution in [3.8, 4) is 11.1 Å². The predicted octanol–water partition coefficient (Wildman–Crippen LogP) is 4.62. The van der Waals surface area contributed by atoms with Crippen molar-refractivity contribution < 1.29 is 9.18 Å². The number of carbonyl (C=O) groups is 1. The summed E-state index contributed by atoms with van der Waals surface area (Å²) in [6.45, 7) is 8.38. The molecular weight excluding hydrogens is 351 g/mol. The minimum atomic E-state index is -0.312. The standard InChI is InChI=1S/C21H24ClFN2O/c1-3-8-24-9-11-25(12-10-24)21(26)17-6-4-16(5-7-17)18-13-15(2)20(23)14-19(18)22/h4-7,13-14H,3,8-12H2,1-2H3. The van der Waals surface area contributed by atoms with E-state index in [1.165, 1.54) is 6.07 Å². The number of hydrogen-bond donors (Lipinski definition) is 0. The molecule has 1 heterocycles. The van der Waals surface area contributed by atoms with E-state index in [0.29, 0.717) is 16.1 Å². The fraction of sp³-hybridized carbons (Fsp3) is 0.381. The fourth-order valence-electron chi connectivity index (χ4n) is 3.34. The summed E-state index contributed by atoms with van der Waals surface area (Å²) in [5.74, 6) is -0.248. The first kappa shape index (κ1) is 18.9. The Labute approximate surface area is 159 Å². The van der Waals surface area contributed by atoms with E-state index in [9.17, 15) is 9.18 Å². The number of aryl methyl sites for hydroxylation is 1. The molecule has 3 nitrogen and oxygen atoms in total. The summed E-state index contributed by atoms with van der Waals surface area (Å²) in [5.41, 5.74) is 2.88. The van der Waals surface area contributed by atoms with E-state index in [0.717, 1.165) is 50.3 Å². The lowest BCUT2D eigenvalue weighted by molar-refractivity contribution is 0.0637. The molecule has 1 aliphatic rings. The largest absolute Gasteiger partial charge is 0.336 e. The van der Waals surface area contributed by atoms with E-state index < -0.39 is 0 Å². The number of amides is 1. The van der Waals surface area contributed by atoms with E-state index in [1.54, 1.807) is 13.0 Å². The van der Waals surface area contributed by atoms with Gasteiger partial charge in [0.15, 0.2) is 0 Å². The highest BCUT2D eigenvalue weighted by Crippen LogP contribution is 2.30. The highest BCUT2D eigenvalue weighted by molar-refractivity contribution is 6.33.